The van der Waals surface area contributed by atoms with Gasteiger partial charge in [0.25, 0.3) is 0 Å². The summed E-state index contributed by atoms with van der Waals surface area (Å²) in [5, 5.41) is 0. The van der Waals surface area contributed by atoms with E-state index in [1.165, 1.54) is 49.0 Å². The van der Waals surface area contributed by atoms with Crippen LogP contribution in [0.25, 0.3) is 0 Å². The van der Waals surface area contributed by atoms with Gasteiger partial charge in [-0.25, -0.2) is 9.37 Å². The highest BCUT2D eigenvalue weighted by atomic mass is 19.1. The van der Waals surface area contributed by atoms with Gasteiger partial charge in [-0.15, -0.1) is 0 Å². The Bertz CT molecular complexity index is 1150. The number of hydrogen-bond donors (Lipinski definition) is 0. The third-order valence-corrected chi connectivity index (χ3v) is 9.82. The lowest BCUT2D eigenvalue weighted by molar-refractivity contribution is -0.128. The molecule has 6 rings (SSSR count). The van der Waals surface area contributed by atoms with Crippen LogP contribution in [-0.4, -0.2) is 74.5 Å². The van der Waals surface area contributed by atoms with Crippen LogP contribution in [-0.2, 0) is 17.8 Å². The lowest BCUT2D eigenvalue weighted by Crippen LogP contribution is -2.47. The molecule has 6 nitrogen and oxygen atoms in total. The zero-order valence-corrected chi connectivity index (χ0v) is 22.9. The Morgan fingerprint density at radius 2 is 1.89 bits per heavy atom. The first kappa shape index (κ1) is 25.1. The molecule has 4 aliphatic rings. The zero-order valence-electron chi connectivity index (χ0n) is 22.9. The van der Waals surface area contributed by atoms with Crippen molar-refractivity contribution in [2.45, 2.75) is 96.4 Å². The van der Waals surface area contributed by atoms with Crippen molar-refractivity contribution in [2.75, 3.05) is 26.2 Å². The minimum absolute atomic E-state index is 0.127. The molecule has 0 aliphatic carbocycles. The second-order valence-electron chi connectivity index (χ2n) is 12.3. The van der Waals surface area contributed by atoms with Crippen molar-refractivity contribution >= 4 is 5.91 Å². The van der Waals surface area contributed by atoms with E-state index in [4.69, 9.17) is 4.98 Å². The van der Waals surface area contributed by atoms with E-state index in [2.05, 4.69) is 35.1 Å². The Labute approximate surface area is 220 Å². The van der Waals surface area contributed by atoms with Crippen LogP contribution in [0, 0.1) is 18.7 Å². The fourth-order valence-electron chi connectivity index (χ4n) is 7.94. The number of amides is 1. The molecule has 0 N–H and O–H groups in total. The number of halogens is 1. The van der Waals surface area contributed by atoms with E-state index in [1.807, 2.05) is 17.0 Å². The van der Waals surface area contributed by atoms with Gasteiger partial charge >= 0.3 is 0 Å². The molecule has 1 amide bonds. The summed E-state index contributed by atoms with van der Waals surface area (Å²) < 4.78 is 16.7. The maximum Gasteiger partial charge on any atom is 0.219 e. The molecular weight excluding hydrogens is 465 g/mol. The van der Waals surface area contributed by atoms with Gasteiger partial charge in [0.2, 0.25) is 5.91 Å². The number of fused-ring (bicyclic) bond motifs is 3. The Morgan fingerprint density at radius 3 is 2.57 bits per heavy atom. The largest absolute Gasteiger partial charge is 0.342 e. The fraction of sp³-hybridized carbons (Fsp3) is 0.667. The minimum atomic E-state index is -0.186. The number of aryl methyl sites for hydroxylation is 1. The van der Waals surface area contributed by atoms with Crippen LogP contribution in [0.5, 0.6) is 0 Å². The summed E-state index contributed by atoms with van der Waals surface area (Å²) in [6.07, 6.45) is 5.98. The summed E-state index contributed by atoms with van der Waals surface area (Å²) in [4.78, 5) is 24.6. The summed E-state index contributed by atoms with van der Waals surface area (Å²) in [6.45, 7) is 13.0. The first-order valence-electron chi connectivity index (χ1n) is 14.4. The van der Waals surface area contributed by atoms with E-state index in [9.17, 15) is 9.18 Å². The number of hydrogen-bond acceptors (Lipinski definition) is 4. The Balaban J connectivity index is 1.19. The van der Waals surface area contributed by atoms with E-state index in [0.717, 1.165) is 38.2 Å². The van der Waals surface area contributed by atoms with Gasteiger partial charge in [-0.2, -0.15) is 0 Å². The first-order chi connectivity index (χ1) is 17.8. The molecule has 2 bridgehead atoms. The average molecular weight is 508 g/mol. The molecule has 5 heterocycles. The standard InChI is InChI=1S/C30H42FN5O/c1-19(2)33-11-10-30-29(18-33)32-20(3)36(30)27-13-25-8-9-26(14-27)35(25)16-23-15-34(21(4)37)17-28(23)22-6-5-7-24(31)12-22/h5-7,12,19,23,25-28H,8-11,13-18H2,1-4H3/t23-,25-,26+,27?,28-/m1/s1. The average Bonchev–Trinajstić information content (AvgIpc) is 3.49. The molecule has 0 radical (unpaired) electrons. The Hall–Kier alpha value is -2.25. The molecule has 7 heteroatoms. The van der Waals surface area contributed by atoms with Crippen LogP contribution in [0.4, 0.5) is 4.39 Å². The topological polar surface area (TPSA) is 44.6 Å². The predicted molar refractivity (Wildman–Crippen MR) is 143 cm³/mol. The number of benzene rings is 1. The smallest absolute Gasteiger partial charge is 0.219 e. The second-order valence-corrected chi connectivity index (χ2v) is 12.3. The maximum atomic E-state index is 14.1. The molecule has 37 heavy (non-hydrogen) atoms. The van der Waals surface area contributed by atoms with Crippen LogP contribution in [0.1, 0.15) is 81.2 Å². The van der Waals surface area contributed by atoms with Crippen LogP contribution in [0.2, 0.25) is 0 Å². The number of aromatic nitrogens is 2. The van der Waals surface area contributed by atoms with Crippen molar-refractivity contribution in [3.63, 3.8) is 0 Å². The van der Waals surface area contributed by atoms with Crippen LogP contribution in [0.15, 0.2) is 24.3 Å². The first-order valence-corrected chi connectivity index (χ1v) is 14.4. The van der Waals surface area contributed by atoms with Gasteiger partial charge in [-0.3, -0.25) is 14.6 Å². The molecule has 2 aromatic rings. The molecule has 1 aromatic heterocycles. The Morgan fingerprint density at radius 1 is 1.14 bits per heavy atom. The van der Waals surface area contributed by atoms with Crippen molar-refractivity contribution in [1.82, 2.24) is 24.3 Å². The van der Waals surface area contributed by atoms with Crippen molar-refractivity contribution in [3.05, 3.63) is 52.9 Å². The van der Waals surface area contributed by atoms with Gasteiger partial charge in [-0.1, -0.05) is 12.1 Å². The number of imidazole rings is 1. The lowest BCUT2D eigenvalue weighted by atomic mass is 9.87. The number of nitrogens with zero attached hydrogens (tertiary/aromatic N) is 5. The van der Waals surface area contributed by atoms with E-state index < -0.39 is 0 Å². The van der Waals surface area contributed by atoms with E-state index in [1.54, 1.807) is 13.0 Å². The number of rotatable bonds is 5. The minimum Gasteiger partial charge on any atom is -0.342 e. The van der Waals surface area contributed by atoms with Crippen LogP contribution < -0.4 is 0 Å². The highest BCUT2D eigenvalue weighted by Gasteiger charge is 2.45. The zero-order chi connectivity index (χ0) is 25.8. The molecule has 200 valence electrons. The molecular formula is C30H42FN5O. The van der Waals surface area contributed by atoms with Gasteiger partial charge in [0.15, 0.2) is 0 Å². The molecule has 1 unspecified atom stereocenters. The van der Waals surface area contributed by atoms with Gasteiger partial charge in [0.1, 0.15) is 11.6 Å². The predicted octanol–water partition coefficient (Wildman–Crippen LogP) is 4.53. The highest BCUT2D eigenvalue weighted by molar-refractivity contribution is 5.73. The molecule has 3 saturated heterocycles. The normalized spacial score (nSPS) is 30.3. The van der Waals surface area contributed by atoms with Crippen molar-refractivity contribution in [2.24, 2.45) is 5.92 Å². The number of piperidine rings is 1. The van der Waals surface area contributed by atoms with Gasteiger partial charge in [-0.05, 0) is 70.1 Å². The maximum absolute atomic E-state index is 14.1. The highest BCUT2D eigenvalue weighted by Crippen LogP contribution is 2.44. The number of likely N-dealkylation sites (tertiary alicyclic amines) is 1. The van der Waals surface area contributed by atoms with Crippen LogP contribution in [0.3, 0.4) is 0 Å². The third-order valence-electron chi connectivity index (χ3n) is 9.82. The molecule has 5 atom stereocenters. The number of carbonyl (C=O) groups is 1. The van der Waals surface area contributed by atoms with Crippen molar-refractivity contribution in [1.29, 1.82) is 0 Å². The third kappa shape index (κ3) is 4.63. The summed E-state index contributed by atoms with van der Waals surface area (Å²) in [5.41, 5.74) is 3.80. The van der Waals surface area contributed by atoms with Gasteiger partial charge < -0.3 is 9.47 Å². The summed E-state index contributed by atoms with van der Waals surface area (Å²) >= 11 is 0. The number of carbonyl (C=O) groups excluding carboxylic acids is 1. The second kappa shape index (κ2) is 9.81. The monoisotopic (exact) mass is 507 g/mol. The lowest BCUT2D eigenvalue weighted by Gasteiger charge is -2.42. The van der Waals surface area contributed by atoms with Gasteiger partial charge in [0.05, 0.1) is 5.69 Å². The van der Waals surface area contributed by atoms with E-state index >= 15 is 0 Å². The molecule has 3 fully saturated rings. The van der Waals surface area contributed by atoms with Crippen molar-refractivity contribution in [3.8, 4) is 0 Å². The fourth-order valence-corrected chi connectivity index (χ4v) is 7.94. The van der Waals surface area contributed by atoms with E-state index in [0.29, 0.717) is 36.6 Å². The van der Waals surface area contributed by atoms with E-state index in [-0.39, 0.29) is 17.6 Å². The molecule has 0 spiro atoms. The SMILES string of the molecule is CC(=O)N1C[C@H](CN2[C@@H]3CC[C@H]2CC(n2c(C)nc4c2CCN(C(C)C)C4)C3)[C@@H](c2cccc(F)c2)C1. The summed E-state index contributed by atoms with van der Waals surface area (Å²) in [6, 6.07) is 9.29. The van der Waals surface area contributed by atoms with Gasteiger partial charge in [0, 0.05) is 81.8 Å². The summed E-state index contributed by atoms with van der Waals surface area (Å²) in [5.74, 6) is 1.67. The molecule has 1 aromatic carbocycles. The quantitative estimate of drug-likeness (QED) is 0.597. The molecule has 4 aliphatic heterocycles. The Kier molecular flexibility index (Phi) is 6.64. The summed E-state index contributed by atoms with van der Waals surface area (Å²) in [7, 11) is 0. The van der Waals surface area contributed by atoms with Crippen LogP contribution >= 0.6 is 0 Å². The van der Waals surface area contributed by atoms with Crippen molar-refractivity contribution < 1.29 is 9.18 Å². The molecule has 0 saturated carbocycles.